The fraction of sp³-hybridized carbons (Fsp3) is 0.929. The largest absolute Gasteiger partial charge is 0.480 e. The quantitative estimate of drug-likeness (QED) is 0.806. The standard InChI is InChI=1S/C14H26N2O3/c1-3-11-9-19-10(2)8-16(11)12-5-4-6-14(15,7-12)13(17)18/h10-12H,3-9,15H2,1-2H3,(H,17,18). The van der Waals surface area contributed by atoms with Crippen molar-refractivity contribution in [3.05, 3.63) is 0 Å². The Balaban J connectivity index is 2.08. The van der Waals surface area contributed by atoms with Gasteiger partial charge in [0.25, 0.3) is 0 Å². The van der Waals surface area contributed by atoms with Gasteiger partial charge in [-0.2, -0.15) is 0 Å². The highest BCUT2D eigenvalue weighted by molar-refractivity contribution is 5.78. The number of nitrogens with zero attached hydrogens (tertiary/aromatic N) is 1. The van der Waals surface area contributed by atoms with E-state index >= 15 is 0 Å². The number of ether oxygens (including phenoxy) is 1. The molecule has 0 aromatic rings. The topological polar surface area (TPSA) is 75.8 Å². The number of carboxylic acids is 1. The monoisotopic (exact) mass is 270 g/mol. The number of carboxylic acid groups (broad SMARTS) is 1. The molecule has 110 valence electrons. The molecular formula is C14H26N2O3. The van der Waals surface area contributed by atoms with Gasteiger partial charge in [-0.15, -0.1) is 0 Å². The highest BCUT2D eigenvalue weighted by Crippen LogP contribution is 2.32. The van der Waals surface area contributed by atoms with Gasteiger partial charge < -0.3 is 15.6 Å². The summed E-state index contributed by atoms with van der Waals surface area (Å²) in [6.07, 6.45) is 4.36. The Hall–Kier alpha value is -0.650. The molecule has 19 heavy (non-hydrogen) atoms. The first-order valence-electron chi connectivity index (χ1n) is 7.36. The van der Waals surface area contributed by atoms with Crippen LogP contribution < -0.4 is 5.73 Å². The van der Waals surface area contributed by atoms with Crippen molar-refractivity contribution in [3.63, 3.8) is 0 Å². The lowest BCUT2D eigenvalue weighted by molar-refractivity contribution is -0.146. The van der Waals surface area contributed by atoms with E-state index < -0.39 is 11.5 Å². The second kappa shape index (κ2) is 5.77. The van der Waals surface area contributed by atoms with Crippen LogP contribution in [0.25, 0.3) is 0 Å². The van der Waals surface area contributed by atoms with E-state index in [1.165, 1.54) is 0 Å². The van der Waals surface area contributed by atoms with Crippen LogP contribution in [0.4, 0.5) is 0 Å². The third-order valence-electron chi connectivity index (χ3n) is 4.64. The van der Waals surface area contributed by atoms with Crippen molar-refractivity contribution < 1.29 is 14.6 Å². The van der Waals surface area contributed by atoms with Crippen LogP contribution in [-0.4, -0.2) is 52.9 Å². The first-order chi connectivity index (χ1) is 8.96. The van der Waals surface area contributed by atoms with Gasteiger partial charge in [0.05, 0.1) is 12.7 Å². The summed E-state index contributed by atoms with van der Waals surface area (Å²) in [5, 5.41) is 9.32. The number of carbonyl (C=O) groups is 1. The van der Waals surface area contributed by atoms with Gasteiger partial charge in [0.2, 0.25) is 0 Å². The minimum Gasteiger partial charge on any atom is -0.480 e. The molecule has 2 fully saturated rings. The first kappa shape index (κ1) is 14.8. The van der Waals surface area contributed by atoms with Crippen molar-refractivity contribution in [2.24, 2.45) is 5.73 Å². The van der Waals surface area contributed by atoms with E-state index in [1.807, 2.05) is 0 Å². The molecule has 1 saturated carbocycles. The zero-order valence-electron chi connectivity index (χ0n) is 12.0. The summed E-state index contributed by atoms with van der Waals surface area (Å²) in [6.45, 7) is 5.87. The smallest absolute Gasteiger partial charge is 0.323 e. The predicted octanol–water partition coefficient (Wildman–Crippen LogP) is 1.21. The van der Waals surface area contributed by atoms with Crippen LogP contribution in [0.3, 0.4) is 0 Å². The fourth-order valence-electron chi connectivity index (χ4n) is 3.42. The zero-order chi connectivity index (χ0) is 14.0. The Morgan fingerprint density at radius 2 is 2.32 bits per heavy atom. The SMILES string of the molecule is CCC1COC(C)CN1C1CCCC(N)(C(=O)O)C1. The minimum absolute atomic E-state index is 0.224. The number of rotatable bonds is 3. The fourth-order valence-corrected chi connectivity index (χ4v) is 3.42. The van der Waals surface area contributed by atoms with Crippen molar-refractivity contribution in [3.8, 4) is 0 Å². The van der Waals surface area contributed by atoms with Gasteiger partial charge in [-0.05, 0) is 39.0 Å². The molecule has 0 radical (unpaired) electrons. The molecule has 0 aromatic carbocycles. The molecule has 1 heterocycles. The Morgan fingerprint density at radius 3 is 2.95 bits per heavy atom. The molecule has 2 rings (SSSR count). The molecule has 1 saturated heterocycles. The lowest BCUT2D eigenvalue weighted by Crippen LogP contribution is -2.60. The average molecular weight is 270 g/mol. The molecule has 5 nitrogen and oxygen atoms in total. The van der Waals surface area contributed by atoms with Gasteiger partial charge in [-0.1, -0.05) is 6.92 Å². The molecule has 0 aromatic heterocycles. The Kier molecular flexibility index (Phi) is 4.48. The molecular weight excluding hydrogens is 244 g/mol. The molecule has 1 aliphatic heterocycles. The molecule has 4 unspecified atom stereocenters. The van der Waals surface area contributed by atoms with Gasteiger partial charge in [0.15, 0.2) is 0 Å². The van der Waals surface area contributed by atoms with E-state index in [4.69, 9.17) is 10.5 Å². The maximum absolute atomic E-state index is 11.4. The summed E-state index contributed by atoms with van der Waals surface area (Å²) >= 11 is 0. The Bertz CT molecular complexity index is 337. The molecule has 0 bridgehead atoms. The van der Waals surface area contributed by atoms with Crippen LogP contribution in [0.2, 0.25) is 0 Å². The predicted molar refractivity (Wildman–Crippen MR) is 73.0 cm³/mol. The Morgan fingerprint density at radius 1 is 1.58 bits per heavy atom. The number of hydrogen-bond donors (Lipinski definition) is 2. The zero-order valence-corrected chi connectivity index (χ0v) is 12.0. The number of hydrogen-bond acceptors (Lipinski definition) is 4. The molecule has 0 amide bonds. The van der Waals surface area contributed by atoms with Crippen molar-refractivity contribution in [2.45, 2.75) is 69.7 Å². The molecule has 2 aliphatic rings. The molecule has 1 aliphatic carbocycles. The summed E-state index contributed by atoms with van der Waals surface area (Å²) in [4.78, 5) is 13.8. The van der Waals surface area contributed by atoms with E-state index in [0.29, 0.717) is 18.9 Å². The van der Waals surface area contributed by atoms with E-state index in [9.17, 15) is 9.90 Å². The van der Waals surface area contributed by atoms with Crippen LogP contribution in [0, 0.1) is 0 Å². The third kappa shape index (κ3) is 3.09. The van der Waals surface area contributed by atoms with Gasteiger partial charge in [-0.3, -0.25) is 9.69 Å². The van der Waals surface area contributed by atoms with Crippen molar-refractivity contribution in [2.75, 3.05) is 13.2 Å². The van der Waals surface area contributed by atoms with Crippen molar-refractivity contribution >= 4 is 5.97 Å². The lowest BCUT2D eigenvalue weighted by atomic mass is 9.78. The molecule has 5 heteroatoms. The van der Waals surface area contributed by atoms with Crippen LogP contribution >= 0.6 is 0 Å². The second-order valence-corrected chi connectivity index (χ2v) is 6.11. The maximum Gasteiger partial charge on any atom is 0.323 e. The first-order valence-corrected chi connectivity index (χ1v) is 7.36. The summed E-state index contributed by atoms with van der Waals surface area (Å²) in [7, 11) is 0. The average Bonchev–Trinajstić information content (AvgIpc) is 2.38. The molecule has 4 atom stereocenters. The van der Waals surface area contributed by atoms with E-state index in [-0.39, 0.29) is 12.1 Å². The van der Waals surface area contributed by atoms with Gasteiger partial charge in [0, 0.05) is 18.6 Å². The highest BCUT2D eigenvalue weighted by Gasteiger charge is 2.43. The van der Waals surface area contributed by atoms with Crippen molar-refractivity contribution in [1.29, 1.82) is 0 Å². The summed E-state index contributed by atoms with van der Waals surface area (Å²) < 4.78 is 5.71. The van der Waals surface area contributed by atoms with E-state index in [1.54, 1.807) is 0 Å². The second-order valence-electron chi connectivity index (χ2n) is 6.11. The third-order valence-corrected chi connectivity index (χ3v) is 4.64. The lowest BCUT2D eigenvalue weighted by Gasteiger charge is -2.47. The molecule has 3 N–H and O–H groups in total. The normalized spacial score (nSPS) is 41.1. The minimum atomic E-state index is -1.04. The van der Waals surface area contributed by atoms with Crippen LogP contribution in [0.15, 0.2) is 0 Å². The van der Waals surface area contributed by atoms with E-state index in [2.05, 4.69) is 18.7 Å². The molecule has 0 spiro atoms. The number of nitrogens with two attached hydrogens (primary N) is 1. The summed E-state index contributed by atoms with van der Waals surface area (Å²) in [6, 6.07) is 0.684. The van der Waals surface area contributed by atoms with Gasteiger partial charge >= 0.3 is 5.97 Å². The number of morpholine rings is 1. The van der Waals surface area contributed by atoms with Crippen LogP contribution in [0.1, 0.15) is 46.0 Å². The van der Waals surface area contributed by atoms with Crippen molar-refractivity contribution in [1.82, 2.24) is 4.90 Å². The number of aliphatic carboxylic acids is 1. The highest BCUT2D eigenvalue weighted by atomic mass is 16.5. The van der Waals surface area contributed by atoms with E-state index in [0.717, 1.165) is 32.4 Å². The van der Waals surface area contributed by atoms with Gasteiger partial charge in [-0.25, -0.2) is 0 Å². The van der Waals surface area contributed by atoms with Crippen LogP contribution in [-0.2, 0) is 9.53 Å². The summed E-state index contributed by atoms with van der Waals surface area (Å²) in [5.74, 6) is -0.855. The summed E-state index contributed by atoms with van der Waals surface area (Å²) in [5.41, 5.74) is 5.02. The maximum atomic E-state index is 11.4. The Labute approximate surface area is 115 Å². The van der Waals surface area contributed by atoms with Gasteiger partial charge in [0.1, 0.15) is 5.54 Å². The van der Waals surface area contributed by atoms with Crippen LogP contribution in [0.5, 0.6) is 0 Å².